The van der Waals surface area contributed by atoms with Crippen LogP contribution in [-0.2, 0) is 0 Å². The summed E-state index contributed by atoms with van der Waals surface area (Å²) in [4.78, 5) is 14.6. The van der Waals surface area contributed by atoms with Crippen LogP contribution in [0.4, 0.5) is 5.69 Å². The smallest absolute Gasteiger partial charge is 0.150 e. The van der Waals surface area contributed by atoms with Crippen molar-refractivity contribution in [3.05, 3.63) is 50.7 Å². The van der Waals surface area contributed by atoms with Gasteiger partial charge < -0.3 is 14.6 Å². The van der Waals surface area contributed by atoms with Gasteiger partial charge in [-0.05, 0) is 36.8 Å². The molecule has 1 heterocycles. The van der Waals surface area contributed by atoms with Crippen LogP contribution in [0.5, 0.6) is 5.75 Å². The number of nitrogens with zero attached hydrogens (tertiary/aromatic N) is 2. The number of benzene rings is 1. The molecule has 0 saturated carbocycles. The number of hydrazone groups is 1. The van der Waals surface area contributed by atoms with E-state index in [2.05, 4.69) is 15.5 Å². The predicted octanol–water partition coefficient (Wildman–Crippen LogP) is 3.25. The molecule has 0 aliphatic carbocycles. The molecule has 2 rings (SSSR count). The summed E-state index contributed by atoms with van der Waals surface area (Å²) in [5, 5.41) is 14.7. The maximum absolute atomic E-state index is 11.0. The van der Waals surface area contributed by atoms with Crippen molar-refractivity contribution in [1.29, 1.82) is 0 Å². The summed E-state index contributed by atoms with van der Waals surface area (Å²) in [6.07, 6.45) is 0. The van der Waals surface area contributed by atoms with E-state index in [1.165, 1.54) is 0 Å². The summed E-state index contributed by atoms with van der Waals surface area (Å²) in [6, 6.07) is 7.20. The molecule has 0 unspecified atom stereocenters. The second kappa shape index (κ2) is 7.70. The number of carbonyl (C=O) groups excluding carboxylic acids is 1. The number of halogens is 3. The molecule has 0 aliphatic rings. The van der Waals surface area contributed by atoms with Gasteiger partial charge >= 0.3 is 0 Å². The molecule has 0 bridgehead atoms. The van der Waals surface area contributed by atoms with Crippen molar-refractivity contribution in [3.63, 3.8) is 0 Å². The molecule has 9 heteroatoms. The number of carbonyl (C=O) groups is 1. The van der Waals surface area contributed by atoms with Gasteiger partial charge in [0, 0.05) is 0 Å². The first-order valence-electron chi connectivity index (χ1n) is 6.55. The first-order chi connectivity index (χ1) is 11.3. The molecular weight excluding hydrogens is 377 g/mol. The van der Waals surface area contributed by atoms with Crippen LogP contribution in [-0.4, -0.2) is 23.8 Å². The summed E-state index contributed by atoms with van der Waals surface area (Å²) < 4.78 is 5.08. The maximum atomic E-state index is 11.0. The normalized spacial score (nSPS) is 11.3. The number of methoxy groups -OCH3 is 1. The Labute approximate surface area is 153 Å². The van der Waals surface area contributed by atoms with Gasteiger partial charge in [-0.2, -0.15) is 5.10 Å². The van der Waals surface area contributed by atoms with Crippen LogP contribution in [0.25, 0.3) is 0 Å². The lowest BCUT2D eigenvalue weighted by molar-refractivity contribution is -0.255. The molecular formula is C15H11Cl3N3O3-. The molecule has 0 radical (unpaired) electrons. The number of aromatic carboxylic acids is 1. The topological polar surface area (TPSA) is 86.6 Å². The fourth-order valence-corrected chi connectivity index (χ4v) is 2.45. The lowest BCUT2D eigenvalue weighted by Crippen LogP contribution is -2.24. The largest absolute Gasteiger partial charge is 0.543 e. The Kier molecular flexibility index (Phi) is 5.88. The van der Waals surface area contributed by atoms with Crippen LogP contribution < -0.4 is 15.3 Å². The van der Waals surface area contributed by atoms with Crippen LogP contribution in [0.1, 0.15) is 23.0 Å². The Morgan fingerprint density at radius 1 is 1.21 bits per heavy atom. The van der Waals surface area contributed by atoms with E-state index < -0.39 is 11.7 Å². The number of hydrogen-bond acceptors (Lipinski definition) is 6. The van der Waals surface area contributed by atoms with Gasteiger partial charge in [0.05, 0.1) is 29.5 Å². The van der Waals surface area contributed by atoms with Crippen LogP contribution in [0, 0.1) is 0 Å². The highest BCUT2D eigenvalue weighted by atomic mass is 35.5. The van der Waals surface area contributed by atoms with E-state index in [4.69, 9.17) is 39.5 Å². The van der Waals surface area contributed by atoms with E-state index in [0.717, 1.165) is 5.56 Å². The molecule has 126 valence electrons. The Hall–Kier alpha value is -2.02. The second-order valence-corrected chi connectivity index (χ2v) is 5.69. The van der Waals surface area contributed by atoms with Crippen molar-refractivity contribution in [3.8, 4) is 5.75 Å². The molecule has 0 amide bonds. The van der Waals surface area contributed by atoms with Crippen molar-refractivity contribution in [2.24, 2.45) is 5.10 Å². The van der Waals surface area contributed by atoms with Crippen molar-refractivity contribution >= 4 is 52.2 Å². The Balaban J connectivity index is 2.34. The number of pyridine rings is 1. The molecule has 6 nitrogen and oxygen atoms in total. The van der Waals surface area contributed by atoms with Crippen molar-refractivity contribution in [1.82, 2.24) is 4.98 Å². The molecule has 0 aliphatic heterocycles. The third kappa shape index (κ3) is 3.90. The lowest BCUT2D eigenvalue weighted by atomic mass is 10.1. The Bertz CT molecular complexity index is 808. The van der Waals surface area contributed by atoms with Gasteiger partial charge in [-0.15, -0.1) is 0 Å². The van der Waals surface area contributed by atoms with E-state index in [0.29, 0.717) is 11.5 Å². The Morgan fingerprint density at radius 2 is 1.83 bits per heavy atom. The minimum atomic E-state index is -1.57. The number of aromatic nitrogens is 1. The first kappa shape index (κ1) is 18.3. The molecule has 0 fully saturated rings. The summed E-state index contributed by atoms with van der Waals surface area (Å²) in [5.41, 5.74) is 3.55. The maximum Gasteiger partial charge on any atom is 0.150 e. The fraction of sp³-hybridized carbons (Fsp3) is 0.133. The van der Waals surface area contributed by atoms with Crippen molar-refractivity contribution < 1.29 is 14.6 Å². The number of ether oxygens (including phenoxy) is 1. The van der Waals surface area contributed by atoms with E-state index in [1.807, 2.05) is 12.1 Å². The standard InChI is InChI=1S/C15H12Cl3N3O3/c1-7(8-3-5-9(24-2)6-4-8)20-21-12-10(16)13(15(22)23)19-14(18)11(12)17/h3-6H,1-2H3,(H,19,21)(H,22,23)/p-1/b20-7-. The Morgan fingerprint density at radius 3 is 2.38 bits per heavy atom. The van der Waals surface area contributed by atoms with E-state index >= 15 is 0 Å². The summed E-state index contributed by atoms with van der Waals surface area (Å²) in [6.45, 7) is 1.75. The summed E-state index contributed by atoms with van der Waals surface area (Å²) in [7, 11) is 1.57. The van der Waals surface area contributed by atoms with Crippen LogP contribution in [0.3, 0.4) is 0 Å². The molecule has 1 aromatic carbocycles. The first-order valence-corrected chi connectivity index (χ1v) is 7.69. The average Bonchev–Trinajstić information content (AvgIpc) is 2.57. The summed E-state index contributed by atoms with van der Waals surface area (Å²) in [5.74, 6) is -0.859. The number of nitrogens with one attached hydrogen (secondary N) is 1. The molecule has 24 heavy (non-hydrogen) atoms. The fourth-order valence-electron chi connectivity index (χ4n) is 1.78. The number of anilines is 1. The molecule has 1 N–H and O–H groups in total. The molecule has 0 saturated heterocycles. The number of carboxylic acid groups (broad SMARTS) is 1. The van der Waals surface area contributed by atoms with Gasteiger partial charge in [0.2, 0.25) is 0 Å². The van der Waals surface area contributed by atoms with Crippen molar-refractivity contribution in [2.75, 3.05) is 12.5 Å². The minimum absolute atomic E-state index is 0.0328. The zero-order chi connectivity index (χ0) is 17.9. The van der Waals surface area contributed by atoms with Gasteiger partial charge in [0.15, 0.2) is 5.15 Å². The lowest BCUT2D eigenvalue weighted by Gasteiger charge is -2.13. The highest BCUT2D eigenvalue weighted by molar-refractivity contribution is 6.46. The quantitative estimate of drug-likeness (QED) is 0.483. The number of hydrogen-bond donors (Lipinski definition) is 1. The van der Waals surface area contributed by atoms with Gasteiger partial charge in [-0.25, -0.2) is 4.98 Å². The van der Waals surface area contributed by atoms with Crippen LogP contribution in [0.15, 0.2) is 29.4 Å². The monoisotopic (exact) mass is 386 g/mol. The van der Waals surface area contributed by atoms with Gasteiger partial charge in [-0.3, -0.25) is 5.43 Å². The zero-order valence-electron chi connectivity index (χ0n) is 12.6. The summed E-state index contributed by atoms with van der Waals surface area (Å²) >= 11 is 17.8. The van der Waals surface area contributed by atoms with Gasteiger partial charge in [-0.1, -0.05) is 34.8 Å². The average molecular weight is 388 g/mol. The molecule has 0 atom stereocenters. The minimum Gasteiger partial charge on any atom is -0.543 e. The van der Waals surface area contributed by atoms with E-state index in [9.17, 15) is 9.90 Å². The van der Waals surface area contributed by atoms with Crippen LogP contribution in [0.2, 0.25) is 15.2 Å². The third-order valence-corrected chi connectivity index (χ3v) is 4.18. The van der Waals surface area contributed by atoms with Gasteiger partial charge in [0.25, 0.3) is 0 Å². The number of carboxylic acids is 1. The van der Waals surface area contributed by atoms with E-state index in [-0.39, 0.29) is 20.9 Å². The van der Waals surface area contributed by atoms with E-state index in [1.54, 1.807) is 26.2 Å². The second-order valence-electron chi connectivity index (χ2n) is 4.58. The molecule has 0 spiro atoms. The highest BCUT2D eigenvalue weighted by Crippen LogP contribution is 2.36. The van der Waals surface area contributed by atoms with Crippen molar-refractivity contribution in [2.45, 2.75) is 6.92 Å². The predicted molar refractivity (Wildman–Crippen MR) is 92.4 cm³/mol. The SMILES string of the molecule is COc1ccc(/C(C)=N\Nc2c(Cl)c(Cl)nc(C(=O)[O-])c2Cl)cc1. The van der Waals surface area contributed by atoms with Gasteiger partial charge in [0.1, 0.15) is 16.5 Å². The third-order valence-electron chi connectivity index (χ3n) is 3.07. The van der Waals surface area contributed by atoms with Crippen LogP contribution >= 0.6 is 34.8 Å². The molecule has 1 aromatic heterocycles. The zero-order valence-corrected chi connectivity index (χ0v) is 14.8. The number of rotatable bonds is 5. The molecule has 2 aromatic rings. The highest BCUT2D eigenvalue weighted by Gasteiger charge is 2.17.